The number of fused-ring (bicyclic) bond motifs is 1. The van der Waals surface area contributed by atoms with Gasteiger partial charge in [0.1, 0.15) is 0 Å². The van der Waals surface area contributed by atoms with Gasteiger partial charge >= 0.3 is 0 Å². The maximum atomic E-state index is 12.5. The molecule has 1 aliphatic carbocycles. The molecule has 6 nitrogen and oxygen atoms in total. The van der Waals surface area contributed by atoms with E-state index in [0.29, 0.717) is 12.5 Å². The second-order valence-corrected chi connectivity index (χ2v) is 7.34. The smallest absolute Gasteiger partial charge is 0.253 e. The topological polar surface area (TPSA) is 66.6 Å². The zero-order valence-corrected chi connectivity index (χ0v) is 16.0. The quantitative estimate of drug-likeness (QED) is 0.788. The average Bonchev–Trinajstić information content (AvgIpc) is 3.42. The fraction of sp³-hybridized carbons (Fsp3) is 0.476. The van der Waals surface area contributed by atoms with Gasteiger partial charge in [-0.3, -0.25) is 9.69 Å². The Kier molecular flexibility index (Phi) is 5.07. The summed E-state index contributed by atoms with van der Waals surface area (Å²) in [5.74, 6) is 2.13. The van der Waals surface area contributed by atoms with E-state index in [-0.39, 0.29) is 5.91 Å². The molecule has 6 heteroatoms. The molecule has 0 bridgehead atoms. The Bertz CT molecular complexity index is 826. The van der Waals surface area contributed by atoms with Crippen molar-refractivity contribution in [2.45, 2.75) is 31.7 Å². The van der Waals surface area contributed by atoms with Crippen molar-refractivity contribution in [3.63, 3.8) is 0 Å². The molecule has 144 valence electrons. The lowest BCUT2D eigenvalue weighted by Crippen LogP contribution is -2.38. The number of H-pyrrole nitrogens is 1. The van der Waals surface area contributed by atoms with Crippen molar-refractivity contribution >= 4 is 5.91 Å². The molecule has 0 spiro atoms. The Morgan fingerprint density at radius 1 is 1.22 bits per heavy atom. The van der Waals surface area contributed by atoms with E-state index in [1.807, 2.05) is 12.3 Å². The molecule has 2 heterocycles. The van der Waals surface area contributed by atoms with Crippen LogP contribution in [0.4, 0.5) is 0 Å². The molecule has 1 aliphatic heterocycles. The number of aromatic amines is 1. The highest BCUT2D eigenvalue weighted by Crippen LogP contribution is 2.40. The normalized spacial score (nSPS) is 16.7. The first kappa shape index (κ1) is 17.9. The van der Waals surface area contributed by atoms with Crippen LogP contribution in [-0.2, 0) is 13.0 Å². The molecule has 2 aromatic rings. The number of methoxy groups -OCH3 is 2. The van der Waals surface area contributed by atoms with Gasteiger partial charge in [-0.05, 0) is 54.5 Å². The number of nitrogens with zero attached hydrogens (tertiary/aromatic N) is 1. The Morgan fingerprint density at radius 3 is 2.67 bits per heavy atom. The number of aromatic nitrogens is 1. The van der Waals surface area contributed by atoms with Gasteiger partial charge in [-0.15, -0.1) is 0 Å². The third-order valence-electron chi connectivity index (χ3n) is 5.52. The van der Waals surface area contributed by atoms with Crippen molar-refractivity contribution in [2.24, 2.45) is 0 Å². The van der Waals surface area contributed by atoms with E-state index in [9.17, 15) is 4.79 Å². The average molecular weight is 369 g/mol. The van der Waals surface area contributed by atoms with Crippen LogP contribution >= 0.6 is 0 Å². The molecule has 1 amide bonds. The van der Waals surface area contributed by atoms with E-state index in [4.69, 9.17) is 9.47 Å². The van der Waals surface area contributed by atoms with Crippen molar-refractivity contribution in [1.82, 2.24) is 15.2 Å². The minimum atomic E-state index is 0.0296. The van der Waals surface area contributed by atoms with Gasteiger partial charge in [-0.1, -0.05) is 0 Å². The third-order valence-corrected chi connectivity index (χ3v) is 5.52. The standard InChI is InChI=1S/C21H27N3O3/c1-26-18-11-15-6-9-24(13-16(15)12-19(18)27-2)10-8-23-21(25)17-5-7-22-20(17)14-3-4-14/h5,7,11-12,14,22H,3-4,6,8-10,13H2,1-2H3,(H,23,25). The lowest BCUT2D eigenvalue weighted by Gasteiger charge is -2.29. The monoisotopic (exact) mass is 369 g/mol. The SMILES string of the molecule is COc1cc2c(cc1OC)CN(CCNC(=O)c1cc[nH]c1C1CC1)CC2. The molecule has 1 fully saturated rings. The minimum absolute atomic E-state index is 0.0296. The molecule has 0 atom stereocenters. The highest BCUT2D eigenvalue weighted by atomic mass is 16.5. The first-order valence-corrected chi connectivity index (χ1v) is 9.61. The third kappa shape index (κ3) is 3.81. The molecule has 27 heavy (non-hydrogen) atoms. The molecule has 1 saturated carbocycles. The van der Waals surface area contributed by atoms with Gasteiger partial charge < -0.3 is 19.8 Å². The van der Waals surface area contributed by atoms with Crippen molar-refractivity contribution in [3.05, 3.63) is 46.8 Å². The molecule has 0 unspecified atom stereocenters. The van der Waals surface area contributed by atoms with Crippen LogP contribution in [0, 0.1) is 0 Å². The molecule has 2 N–H and O–H groups in total. The van der Waals surface area contributed by atoms with Crippen LogP contribution in [-0.4, -0.2) is 49.6 Å². The first-order valence-electron chi connectivity index (χ1n) is 9.61. The Balaban J connectivity index is 1.32. The minimum Gasteiger partial charge on any atom is -0.493 e. The van der Waals surface area contributed by atoms with Crippen molar-refractivity contribution in [3.8, 4) is 11.5 Å². The molecule has 4 rings (SSSR count). The number of rotatable bonds is 7. The molecule has 1 aromatic carbocycles. The zero-order valence-electron chi connectivity index (χ0n) is 16.0. The van der Waals surface area contributed by atoms with E-state index >= 15 is 0 Å². The largest absolute Gasteiger partial charge is 0.493 e. The maximum absolute atomic E-state index is 12.5. The number of carbonyl (C=O) groups is 1. The number of hydrogen-bond donors (Lipinski definition) is 2. The van der Waals surface area contributed by atoms with Crippen LogP contribution in [0.15, 0.2) is 24.4 Å². The number of amides is 1. The number of nitrogens with one attached hydrogen (secondary N) is 2. The van der Waals surface area contributed by atoms with Crippen LogP contribution in [0.1, 0.15) is 45.9 Å². The summed E-state index contributed by atoms with van der Waals surface area (Å²) in [5.41, 5.74) is 4.49. The van der Waals surface area contributed by atoms with Crippen molar-refractivity contribution in [1.29, 1.82) is 0 Å². The molecule has 0 saturated heterocycles. The second kappa shape index (κ2) is 7.64. The van der Waals surface area contributed by atoms with E-state index in [1.54, 1.807) is 14.2 Å². The second-order valence-electron chi connectivity index (χ2n) is 7.34. The number of hydrogen-bond acceptors (Lipinski definition) is 4. The zero-order chi connectivity index (χ0) is 18.8. The predicted molar refractivity (Wildman–Crippen MR) is 104 cm³/mol. The highest BCUT2D eigenvalue weighted by Gasteiger charge is 2.29. The van der Waals surface area contributed by atoms with Gasteiger partial charge in [-0.25, -0.2) is 0 Å². The van der Waals surface area contributed by atoms with Crippen LogP contribution in [0.25, 0.3) is 0 Å². The van der Waals surface area contributed by atoms with E-state index in [2.05, 4.69) is 27.3 Å². The number of benzene rings is 1. The molecule has 1 aromatic heterocycles. The summed E-state index contributed by atoms with van der Waals surface area (Å²) in [6, 6.07) is 6.04. The number of ether oxygens (including phenoxy) is 2. The van der Waals surface area contributed by atoms with E-state index < -0.39 is 0 Å². The van der Waals surface area contributed by atoms with Gasteiger partial charge in [-0.2, -0.15) is 0 Å². The fourth-order valence-electron chi connectivity index (χ4n) is 3.85. The van der Waals surface area contributed by atoms with Gasteiger partial charge in [0.05, 0.1) is 19.8 Å². The summed E-state index contributed by atoms with van der Waals surface area (Å²) >= 11 is 0. The summed E-state index contributed by atoms with van der Waals surface area (Å²) in [5, 5.41) is 3.07. The van der Waals surface area contributed by atoms with Crippen LogP contribution in [0.2, 0.25) is 0 Å². The summed E-state index contributed by atoms with van der Waals surface area (Å²) in [6.07, 6.45) is 5.21. The molecular weight excluding hydrogens is 342 g/mol. The van der Waals surface area contributed by atoms with Gasteiger partial charge in [0.15, 0.2) is 11.5 Å². The molecule has 0 radical (unpaired) electrons. The highest BCUT2D eigenvalue weighted by molar-refractivity contribution is 5.95. The Morgan fingerprint density at radius 2 is 1.96 bits per heavy atom. The summed E-state index contributed by atoms with van der Waals surface area (Å²) in [7, 11) is 3.33. The van der Waals surface area contributed by atoms with Crippen molar-refractivity contribution in [2.75, 3.05) is 33.9 Å². The van der Waals surface area contributed by atoms with Crippen molar-refractivity contribution < 1.29 is 14.3 Å². The molecular formula is C21H27N3O3. The van der Waals surface area contributed by atoms with Gasteiger partial charge in [0.25, 0.3) is 5.91 Å². The van der Waals surface area contributed by atoms with Gasteiger partial charge in [0, 0.05) is 38.1 Å². The summed E-state index contributed by atoms with van der Waals surface area (Å²) in [6.45, 7) is 3.33. The molecule has 2 aliphatic rings. The fourth-order valence-corrected chi connectivity index (χ4v) is 3.85. The van der Waals surface area contributed by atoms with Crippen LogP contribution in [0.5, 0.6) is 11.5 Å². The van der Waals surface area contributed by atoms with Crippen LogP contribution < -0.4 is 14.8 Å². The van der Waals surface area contributed by atoms with Gasteiger partial charge in [0.2, 0.25) is 0 Å². The van der Waals surface area contributed by atoms with E-state index in [0.717, 1.165) is 48.8 Å². The first-order chi connectivity index (χ1) is 13.2. The Hall–Kier alpha value is -2.47. The lowest BCUT2D eigenvalue weighted by atomic mass is 9.99. The van der Waals surface area contributed by atoms with Crippen LogP contribution in [0.3, 0.4) is 0 Å². The van der Waals surface area contributed by atoms with E-state index in [1.165, 1.54) is 24.0 Å². The lowest BCUT2D eigenvalue weighted by molar-refractivity contribution is 0.0946. The summed E-state index contributed by atoms with van der Waals surface area (Å²) < 4.78 is 10.8. The number of carbonyl (C=O) groups excluding carboxylic acids is 1. The summed E-state index contributed by atoms with van der Waals surface area (Å²) in [4.78, 5) is 18.1. The Labute approximate surface area is 159 Å². The maximum Gasteiger partial charge on any atom is 0.253 e. The predicted octanol–water partition coefficient (Wildman–Crippen LogP) is 2.70.